The molecule has 0 radical (unpaired) electrons. The number of phenolic OH excluding ortho intramolecular Hbond substituents is 1. The molecule has 1 aromatic rings. The van der Waals surface area contributed by atoms with E-state index in [9.17, 15) is 15.0 Å². The number of carbonyl (C=O) groups is 1. The Morgan fingerprint density at radius 1 is 1.47 bits per heavy atom. The van der Waals surface area contributed by atoms with E-state index < -0.39 is 5.60 Å². The van der Waals surface area contributed by atoms with Crippen molar-refractivity contribution in [2.75, 3.05) is 13.6 Å². The number of halogens is 1. The van der Waals surface area contributed by atoms with Crippen LogP contribution in [0.5, 0.6) is 5.75 Å². The summed E-state index contributed by atoms with van der Waals surface area (Å²) in [6.07, 6.45) is 0. The topological polar surface area (TPSA) is 60.8 Å². The lowest BCUT2D eigenvalue weighted by Crippen LogP contribution is -2.39. The first-order chi connectivity index (χ1) is 7.70. The molecule has 0 atom stereocenters. The lowest BCUT2D eigenvalue weighted by molar-refractivity contribution is 0.0366. The molecule has 1 amide bonds. The van der Waals surface area contributed by atoms with E-state index in [1.807, 2.05) is 0 Å². The molecule has 2 N–H and O–H groups in total. The highest BCUT2D eigenvalue weighted by atomic mass is 35.5. The lowest BCUT2D eigenvalue weighted by Gasteiger charge is -2.25. The molecule has 0 aromatic heterocycles. The minimum atomic E-state index is -0.980. The summed E-state index contributed by atoms with van der Waals surface area (Å²) in [6.45, 7) is 3.39. The van der Waals surface area contributed by atoms with E-state index in [4.69, 9.17) is 11.6 Å². The second-order valence-electron chi connectivity index (χ2n) is 4.64. The average molecular weight is 258 g/mol. The first-order valence-corrected chi connectivity index (χ1v) is 5.55. The van der Waals surface area contributed by atoms with Crippen LogP contribution in [0.4, 0.5) is 0 Å². The first kappa shape index (κ1) is 13.8. The Kier molecular flexibility index (Phi) is 4.01. The minimum Gasteiger partial charge on any atom is -0.507 e. The van der Waals surface area contributed by atoms with E-state index in [0.29, 0.717) is 5.02 Å². The molecule has 17 heavy (non-hydrogen) atoms. The Morgan fingerprint density at radius 2 is 2.06 bits per heavy atom. The fourth-order valence-electron chi connectivity index (χ4n) is 1.54. The van der Waals surface area contributed by atoms with Gasteiger partial charge in [-0.2, -0.15) is 0 Å². The van der Waals surface area contributed by atoms with E-state index in [1.54, 1.807) is 20.9 Å². The van der Waals surface area contributed by atoms with Crippen LogP contribution in [0.15, 0.2) is 18.2 Å². The number of rotatable bonds is 3. The zero-order valence-corrected chi connectivity index (χ0v) is 10.8. The third kappa shape index (κ3) is 3.91. The minimum absolute atomic E-state index is 0.162. The van der Waals surface area contributed by atoms with Gasteiger partial charge in [-0.25, -0.2) is 0 Å². The fourth-order valence-corrected chi connectivity index (χ4v) is 1.71. The second kappa shape index (κ2) is 4.94. The molecular weight excluding hydrogens is 242 g/mol. The fraction of sp³-hybridized carbons (Fsp3) is 0.417. The predicted molar refractivity (Wildman–Crippen MR) is 66.4 cm³/mol. The zero-order chi connectivity index (χ0) is 13.2. The maximum Gasteiger partial charge on any atom is 0.257 e. The van der Waals surface area contributed by atoms with Gasteiger partial charge in [-0.3, -0.25) is 4.79 Å². The Balaban J connectivity index is 2.89. The summed E-state index contributed by atoms with van der Waals surface area (Å²) in [6, 6.07) is 4.31. The molecule has 0 fully saturated rings. The van der Waals surface area contributed by atoms with Crippen LogP contribution in [0.2, 0.25) is 5.02 Å². The molecule has 0 saturated carbocycles. The maximum atomic E-state index is 12.0. The molecular formula is C12H16ClNO3. The highest BCUT2D eigenvalue weighted by Gasteiger charge is 2.22. The number of aliphatic hydroxyl groups is 1. The van der Waals surface area contributed by atoms with Crippen molar-refractivity contribution in [1.29, 1.82) is 0 Å². The molecule has 0 aliphatic rings. The van der Waals surface area contributed by atoms with Gasteiger partial charge in [0.1, 0.15) is 5.75 Å². The van der Waals surface area contributed by atoms with E-state index in [0.717, 1.165) is 0 Å². The van der Waals surface area contributed by atoms with Crippen LogP contribution < -0.4 is 0 Å². The third-order valence-corrected chi connectivity index (χ3v) is 2.40. The predicted octanol–water partition coefficient (Wildman–Crippen LogP) is 1.89. The highest BCUT2D eigenvalue weighted by Crippen LogP contribution is 2.23. The van der Waals surface area contributed by atoms with Gasteiger partial charge >= 0.3 is 0 Å². The largest absolute Gasteiger partial charge is 0.507 e. The van der Waals surface area contributed by atoms with E-state index in [1.165, 1.54) is 23.1 Å². The van der Waals surface area contributed by atoms with Crippen molar-refractivity contribution in [3.63, 3.8) is 0 Å². The van der Waals surface area contributed by atoms with Gasteiger partial charge in [0, 0.05) is 18.6 Å². The normalized spacial score (nSPS) is 11.4. The molecule has 0 saturated heterocycles. The monoisotopic (exact) mass is 257 g/mol. The standard InChI is InChI=1S/C12H16ClNO3/c1-12(2,17)7-14(3)11(16)9-5-4-8(13)6-10(9)15/h4-6,15,17H,7H2,1-3H3. The SMILES string of the molecule is CN(CC(C)(C)O)C(=O)c1ccc(Cl)cc1O. The van der Waals surface area contributed by atoms with Gasteiger partial charge in [-0.15, -0.1) is 0 Å². The Hall–Kier alpha value is -1.26. The number of amides is 1. The molecule has 1 aromatic carbocycles. The third-order valence-electron chi connectivity index (χ3n) is 2.16. The van der Waals surface area contributed by atoms with Crippen molar-refractivity contribution in [2.24, 2.45) is 0 Å². The summed E-state index contributed by atoms with van der Waals surface area (Å²) < 4.78 is 0. The summed E-state index contributed by atoms with van der Waals surface area (Å²) in [5, 5.41) is 19.6. The van der Waals surface area contributed by atoms with Crippen molar-refractivity contribution in [3.05, 3.63) is 28.8 Å². The van der Waals surface area contributed by atoms with Crippen molar-refractivity contribution in [3.8, 4) is 5.75 Å². The van der Waals surface area contributed by atoms with Crippen LogP contribution in [-0.4, -0.2) is 40.2 Å². The van der Waals surface area contributed by atoms with Crippen LogP contribution in [0.1, 0.15) is 24.2 Å². The molecule has 4 nitrogen and oxygen atoms in total. The molecule has 0 unspecified atom stereocenters. The molecule has 0 aliphatic carbocycles. The Labute approximate surface area is 105 Å². The number of hydrogen-bond donors (Lipinski definition) is 2. The van der Waals surface area contributed by atoms with Gasteiger partial charge in [-0.1, -0.05) is 11.6 Å². The molecule has 0 bridgehead atoms. The zero-order valence-electron chi connectivity index (χ0n) is 10.1. The number of likely N-dealkylation sites (N-methyl/N-ethyl adjacent to an activating group) is 1. The van der Waals surface area contributed by atoms with Crippen LogP contribution in [0.25, 0.3) is 0 Å². The summed E-state index contributed by atoms with van der Waals surface area (Å²) in [5.74, 6) is -0.522. The van der Waals surface area contributed by atoms with Crippen LogP contribution in [0, 0.1) is 0 Å². The summed E-state index contributed by atoms with van der Waals surface area (Å²) in [5.41, 5.74) is -0.812. The smallest absolute Gasteiger partial charge is 0.257 e. The Morgan fingerprint density at radius 3 is 2.53 bits per heavy atom. The van der Waals surface area contributed by atoms with Gasteiger partial charge in [0.25, 0.3) is 5.91 Å². The second-order valence-corrected chi connectivity index (χ2v) is 5.07. The van der Waals surface area contributed by atoms with Gasteiger partial charge in [0.05, 0.1) is 11.2 Å². The van der Waals surface area contributed by atoms with Gasteiger partial charge < -0.3 is 15.1 Å². The molecule has 94 valence electrons. The van der Waals surface area contributed by atoms with E-state index in [2.05, 4.69) is 0 Å². The number of benzene rings is 1. The lowest BCUT2D eigenvalue weighted by atomic mass is 10.1. The molecule has 0 heterocycles. The molecule has 5 heteroatoms. The van der Waals surface area contributed by atoms with Crippen molar-refractivity contribution in [1.82, 2.24) is 4.90 Å². The van der Waals surface area contributed by atoms with Crippen molar-refractivity contribution < 1.29 is 15.0 Å². The highest BCUT2D eigenvalue weighted by molar-refractivity contribution is 6.30. The van der Waals surface area contributed by atoms with Gasteiger partial charge in [-0.05, 0) is 32.0 Å². The quantitative estimate of drug-likeness (QED) is 0.869. The summed E-state index contributed by atoms with van der Waals surface area (Å²) in [7, 11) is 1.56. The molecule has 0 spiro atoms. The first-order valence-electron chi connectivity index (χ1n) is 5.17. The average Bonchev–Trinajstić information content (AvgIpc) is 2.14. The molecule has 1 rings (SSSR count). The number of nitrogens with zero attached hydrogens (tertiary/aromatic N) is 1. The van der Waals surface area contributed by atoms with Crippen LogP contribution in [0.3, 0.4) is 0 Å². The summed E-state index contributed by atoms with van der Waals surface area (Å²) >= 11 is 5.68. The molecule has 0 aliphatic heterocycles. The van der Waals surface area contributed by atoms with Crippen molar-refractivity contribution >= 4 is 17.5 Å². The Bertz CT molecular complexity index is 426. The van der Waals surface area contributed by atoms with E-state index in [-0.39, 0.29) is 23.8 Å². The van der Waals surface area contributed by atoms with Crippen LogP contribution >= 0.6 is 11.6 Å². The summed E-state index contributed by atoms with van der Waals surface area (Å²) in [4.78, 5) is 13.3. The number of aromatic hydroxyl groups is 1. The van der Waals surface area contributed by atoms with Crippen LogP contribution in [-0.2, 0) is 0 Å². The van der Waals surface area contributed by atoms with Gasteiger partial charge in [0.2, 0.25) is 0 Å². The van der Waals surface area contributed by atoms with E-state index >= 15 is 0 Å². The maximum absolute atomic E-state index is 12.0. The van der Waals surface area contributed by atoms with Gasteiger partial charge in [0.15, 0.2) is 0 Å². The number of carbonyl (C=O) groups excluding carboxylic acids is 1. The number of hydrogen-bond acceptors (Lipinski definition) is 3. The van der Waals surface area contributed by atoms with Crippen molar-refractivity contribution in [2.45, 2.75) is 19.4 Å². The number of phenols is 1.